The van der Waals surface area contributed by atoms with Crippen molar-refractivity contribution in [3.05, 3.63) is 32.6 Å². The molecular weight excluding hydrogens is 270 g/mol. The summed E-state index contributed by atoms with van der Waals surface area (Å²) in [6, 6.07) is 0.424. The zero-order chi connectivity index (χ0) is 15.4. The molecule has 1 aliphatic rings. The number of hydrogen-bond acceptors (Lipinski definition) is 4. The molecule has 1 saturated carbocycles. The van der Waals surface area contributed by atoms with E-state index in [0.29, 0.717) is 24.7 Å². The third-order valence-electron chi connectivity index (χ3n) is 4.37. The van der Waals surface area contributed by atoms with E-state index in [0.717, 1.165) is 17.4 Å². The molecule has 6 nitrogen and oxygen atoms in total. The van der Waals surface area contributed by atoms with Gasteiger partial charge >= 0.3 is 5.69 Å². The van der Waals surface area contributed by atoms with E-state index in [2.05, 4.69) is 4.90 Å². The van der Waals surface area contributed by atoms with Crippen LogP contribution in [0.2, 0.25) is 0 Å². The Kier molecular flexibility index (Phi) is 5.36. The quantitative estimate of drug-likeness (QED) is 0.843. The molecule has 0 aliphatic heterocycles. The molecule has 0 amide bonds. The first-order valence-electron chi connectivity index (χ1n) is 7.65. The lowest BCUT2D eigenvalue weighted by Crippen LogP contribution is -2.43. The van der Waals surface area contributed by atoms with E-state index >= 15 is 0 Å². The maximum atomic E-state index is 12.2. The zero-order valence-corrected chi connectivity index (χ0v) is 12.9. The number of rotatable bonds is 5. The van der Waals surface area contributed by atoms with Crippen LogP contribution in [-0.2, 0) is 20.6 Å². The molecule has 6 heteroatoms. The van der Waals surface area contributed by atoms with Crippen molar-refractivity contribution in [3.8, 4) is 0 Å². The lowest BCUT2D eigenvalue weighted by atomic mass is 9.94. The second-order valence-electron chi connectivity index (χ2n) is 5.90. The van der Waals surface area contributed by atoms with Gasteiger partial charge < -0.3 is 9.67 Å². The van der Waals surface area contributed by atoms with E-state index in [4.69, 9.17) is 0 Å². The van der Waals surface area contributed by atoms with Crippen LogP contribution in [0.4, 0.5) is 0 Å². The fourth-order valence-corrected chi connectivity index (χ4v) is 3.18. The topological polar surface area (TPSA) is 67.5 Å². The molecule has 0 bridgehead atoms. The van der Waals surface area contributed by atoms with Gasteiger partial charge in [-0.15, -0.1) is 0 Å². The second-order valence-corrected chi connectivity index (χ2v) is 5.90. The van der Waals surface area contributed by atoms with E-state index in [-0.39, 0.29) is 17.9 Å². The highest BCUT2D eigenvalue weighted by atomic mass is 16.3. The van der Waals surface area contributed by atoms with Crippen molar-refractivity contribution in [2.45, 2.75) is 44.7 Å². The minimum absolute atomic E-state index is 0.0859. The van der Waals surface area contributed by atoms with Crippen molar-refractivity contribution >= 4 is 0 Å². The molecule has 1 aromatic heterocycles. The monoisotopic (exact) mass is 295 g/mol. The number of aliphatic hydroxyl groups excluding tert-OH is 1. The molecule has 0 aromatic carbocycles. The first kappa shape index (κ1) is 16.0. The van der Waals surface area contributed by atoms with Crippen LogP contribution >= 0.6 is 0 Å². The Bertz CT molecular complexity index is 585. The van der Waals surface area contributed by atoms with E-state index < -0.39 is 0 Å². The molecule has 0 spiro atoms. The third kappa shape index (κ3) is 3.63. The van der Waals surface area contributed by atoms with Crippen LogP contribution < -0.4 is 11.2 Å². The number of aromatic nitrogens is 2. The standard InChI is InChI=1S/C15H25N3O3/c1-16-10-12(14(20)17(2)15(16)21)11-18(8-9-19)13-6-4-3-5-7-13/h10,13,19H,3-9,11H2,1-2H3. The molecule has 21 heavy (non-hydrogen) atoms. The van der Waals surface area contributed by atoms with Crippen molar-refractivity contribution in [1.82, 2.24) is 14.0 Å². The fourth-order valence-electron chi connectivity index (χ4n) is 3.18. The molecule has 1 N–H and O–H groups in total. The third-order valence-corrected chi connectivity index (χ3v) is 4.37. The van der Waals surface area contributed by atoms with Crippen molar-refractivity contribution < 1.29 is 5.11 Å². The summed E-state index contributed by atoms with van der Waals surface area (Å²) in [5.74, 6) is 0. The Hall–Kier alpha value is -1.40. The minimum Gasteiger partial charge on any atom is -0.395 e. The van der Waals surface area contributed by atoms with Crippen molar-refractivity contribution in [2.75, 3.05) is 13.2 Å². The van der Waals surface area contributed by atoms with Crippen LogP contribution in [0.1, 0.15) is 37.7 Å². The summed E-state index contributed by atoms with van der Waals surface area (Å²) < 4.78 is 2.59. The summed E-state index contributed by atoms with van der Waals surface area (Å²) in [6.07, 6.45) is 7.54. The van der Waals surface area contributed by atoms with Gasteiger partial charge in [-0.3, -0.25) is 14.3 Å². The summed E-state index contributed by atoms with van der Waals surface area (Å²) in [5.41, 5.74) is 0.0607. The molecular formula is C15H25N3O3. The summed E-state index contributed by atoms with van der Waals surface area (Å²) in [7, 11) is 3.16. The Morgan fingerprint density at radius 1 is 1.24 bits per heavy atom. The molecule has 1 aromatic rings. The van der Waals surface area contributed by atoms with E-state index in [1.54, 1.807) is 13.2 Å². The predicted octanol–water partition coefficient (Wildman–Crippen LogP) is 0.211. The molecule has 1 heterocycles. The highest BCUT2D eigenvalue weighted by molar-refractivity contribution is 5.06. The van der Waals surface area contributed by atoms with Crippen LogP contribution in [0.3, 0.4) is 0 Å². The first-order chi connectivity index (χ1) is 10.0. The molecule has 0 radical (unpaired) electrons. The fraction of sp³-hybridized carbons (Fsp3) is 0.733. The molecule has 118 valence electrons. The molecule has 1 fully saturated rings. The maximum absolute atomic E-state index is 12.2. The van der Waals surface area contributed by atoms with Gasteiger partial charge in [0.15, 0.2) is 0 Å². The smallest absolute Gasteiger partial charge is 0.330 e. The first-order valence-corrected chi connectivity index (χ1v) is 7.65. The molecule has 2 rings (SSSR count). The maximum Gasteiger partial charge on any atom is 0.330 e. The van der Waals surface area contributed by atoms with Crippen LogP contribution in [0.15, 0.2) is 15.8 Å². The van der Waals surface area contributed by atoms with Gasteiger partial charge in [0.1, 0.15) is 0 Å². The summed E-state index contributed by atoms with van der Waals surface area (Å²) >= 11 is 0. The summed E-state index contributed by atoms with van der Waals surface area (Å²) in [4.78, 5) is 26.1. The van der Waals surface area contributed by atoms with Crippen LogP contribution in [-0.4, -0.2) is 38.3 Å². The zero-order valence-electron chi connectivity index (χ0n) is 12.9. The Morgan fingerprint density at radius 3 is 2.52 bits per heavy atom. The Morgan fingerprint density at radius 2 is 1.90 bits per heavy atom. The highest BCUT2D eigenvalue weighted by Gasteiger charge is 2.22. The number of nitrogens with zero attached hydrogens (tertiary/aromatic N) is 3. The molecule has 0 atom stereocenters. The number of hydrogen-bond donors (Lipinski definition) is 1. The number of aryl methyl sites for hydroxylation is 1. The van der Waals surface area contributed by atoms with Crippen LogP contribution in [0.5, 0.6) is 0 Å². The van der Waals surface area contributed by atoms with Gasteiger partial charge in [-0.25, -0.2) is 4.79 Å². The van der Waals surface area contributed by atoms with Crippen LogP contribution in [0, 0.1) is 0 Å². The van der Waals surface area contributed by atoms with E-state index in [9.17, 15) is 14.7 Å². The largest absolute Gasteiger partial charge is 0.395 e. The van der Waals surface area contributed by atoms with Gasteiger partial charge in [0.05, 0.1) is 6.61 Å². The molecule has 1 aliphatic carbocycles. The normalized spacial score (nSPS) is 16.6. The van der Waals surface area contributed by atoms with Crippen molar-refractivity contribution in [2.24, 2.45) is 14.1 Å². The van der Waals surface area contributed by atoms with Gasteiger partial charge in [0, 0.05) is 45.0 Å². The lowest BCUT2D eigenvalue weighted by Gasteiger charge is -2.33. The molecule has 0 saturated heterocycles. The van der Waals surface area contributed by atoms with Gasteiger partial charge in [-0.1, -0.05) is 19.3 Å². The predicted molar refractivity (Wildman–Crippen MR) is 81.3 cm³/mol. The van der Waals surface area contributed by atoms with Gasteiger partial charge in [0.25, 0.3) is 5.56 Å². The van der Waals surface area contributed by atoms with Crippen LogP contribution in [0.25, 0.3) is 0 Å². The lowest BCUT2D eigenvalue weighted by molar-refractivity contribution is 0.116. The van der Waals surface area contributed by atoms with Gasteiger partial charge in [0.2, 0.25) is 0 Å². The van der Waals surface area contributed by atoms with Crippen molar-refractivity contribution in [3.63, 3.8) is 0 Å². The minimum atomic E-state index is -0.310. The average molecular weight is 295 g/mol. The summed E-state index contributed by atoms with van der Waals surface area (Å²) in [5, 5.41) is 9.29. The van der Waals surface area contributed by atoms with E-state index in [1.807, 2.05) is 0 Å². The highest BCUT2D eigenvalue weighted by Crippen LogP contribution is 2.23. The average Bonchev–Trinajstić information content (AvgIpc) is 2.50. The SMILES string of the molecule is Cn1cc(CN(CCO)C2CCCCC2)c(=O)n(C)c1=O. The Balaban J connectivity index is 2.24. The van der Waals surface area contributed by atoms with Gasteiger partial charge in [-0.05, 0) is 12.8 Å². The van der Waals surface area contributed by atoms with E-state index in [1.165, 1.54) is 30.9 Å². The summed E-state index contributed by atoms with van der Waals surface area (Å²) in [6.45, 7) is 1.14. The molecule has 0 unspecified atom stereocenters. The van der Waals surface area contributed by atoms with Gasteiger partial charge in [-0.2, -0.15) is 0 Å². The second kappa shape index (κ2) is 7.04. The van der Waals surface area contributed by atoms with Crippen molar-refractivity contribution in [1.29, 1.82) is 0 Å². The number of aliphatic hydroxyl groups is 1. The Labute approximate surface area is 124 Å².